The summed E-state index contributed by atoms with van der Waals surface area (Å²) in [6, 6.07) is 0. The second-order valence-electron chi connectivity index (χ2n) is 3.36. The van der Waals surface area contributed by atoms with Gasteiger partial charge in [0, 0.05) is 15.2 Å². The largest absolute Gasteiger partial charge is 0.420 e. The van der Waals surface area contributed by atoms with E-state index in [1.54, 1.807) is 0 Å². The van der Waals surface area contributed by atoms with Gasteiger partial charge in [-0.2, -0.15) is 0 Å². The minimum atomic E-state index is -3.49. The van der Waals surface area contributed by atoms with Crippen LogP contribution in [0.25, 0.3) is 10.4 Å². The van der Waals surface area contributed by atoms with Crippen molar-refractivity contribution >= 4 is 7.75 Å². The molecule has 12 heavy (non-hydrogen) atoms. The molecule has 1 aliphatic rings. The quantitative estimate of drug-likeness (QED) is 0.276. The van der Waals surface area contributed by atoms with E-state index in [-0.39, 0.29) is 18.6 Å². The van der Waals surface area contributed by atoms with Crippen LogP contribution in [-0.4, -0.2) is 13.2 Å². The molecule has 1 fully saturated rings. The van der Waals surface area contributed by atoms with Crippen LogP contribution in [0.15, 0.2) is 4.88 Å². The van der Waals surface area contributed by atoms with Gasteiger partial charge in [-0.05, 0) is 5.53 Å². The smallest absolute Gasteiger partial charge is 0.303 e. The molecule has 1 aliphatic heterocycles. The second kappa shape index (κ2) is 3.07. The molecule has 6 nitrogen and oxygen atoms in total. The van der Waals surface area contributed by atoms with Crippen LogP contribution in [0.4, 0.5) is 0 Å². The molecule has 68 valence electrons. The molecule has 0 saturated carbocycles. The molecular weight excluding hydrogens is 181 g/mol. The molecule has 0 N–H and O–H groups in total. The van der Waals surface area contributed by atoms with Crippen LogP contribution < -0.4 is 0 Å². The molecule has 0 bridgehead atoms. The van der Waals surface area contributed by atoms with Crippen LogP contribution in [0.5, 0.6) is 0 Å². The fraction of sp³-hybridized carbons (Fsp3) is 1.00. The summed E-state index contributed by atoms with van der Waals surface area (Å²) < 4.78 is 20.9. The van der Waals surface area contributed by atoms with E-state index in [9.17, 15) is 4.57 Å². The zero-order valence-corrected chi connectivity index (χ0v) is 7.82. The van der Waals surface area contributed by atoms with Crippen LogP contribution >= 0.6 is 7.75 Å². The molecule has 0 atom stereocenters. The Balaban J connectivity index is 2.68. The Morgan fingerprint density at radius 1 is 1.50 bits per heavy atom. The fourth-order valence-electron chi connectivity index (χ4n) is 0.692. The van der Waals surface area contributed by atoms with Gasteiger partial charge >= 0.3 is 7.75 Å². The van der Waals surface area contributed by atoms with Gasteiger partial charge in [0.15, 0.2) is 0 Å². The van der Waals surface area contributed by atoms with Crippen molar-refractivity contribution in [3.63, 3.8) is 0 Å². The average Bonchev–Trinajstić information content (AvgIpc) is 1.98. The molecule has 1 saturated heterocycles. The van der Waals surface area contributed by atoms with Gasteiger partial charge in [0.1, 0.15) is 0 Å². The summed E-state index contributed by atoms with van der Waals surface area (Å²) in [7, 11) is -3.49. The third-order valence-electron chi connectivity index (χ3n) is 1.39. The number of azide groups is 1. The minimum Gasteiger partial charge on any atom is -0.303 e. The lowest BCUT2D eigenvalue weighted by atomic mass is 9.97. The van der Waals surface area contributed by atoms with Crippen molar-refractivity contribution in [2.45, 2.75) is 13.8 Å². The van der Waals surface area contributed by atoms with E-state index in [1.165, 1.54) is 0 Å². The van der Waals surface area contributed by atoms with Crippen LogP contribution in [-0.2, 0) is 13.6 Å². The predicted molar refractivity (Wildman–Crippen MR) is 42.4 cm³/mol. The lowest BCUT2D eigenvalue weighted by molar-refractivity contribution is 0.0416. The number of rotatable bonds is 1. The van der Waals surface area contributed by atoms with E-state index in [2.05, 4.69) is 9.80 Å². The summed E-state index contributed by atoms with van der Waals surface area (Å²) in [4.78, 5) is 5.36. The first kappa shape index (κ1) is 9.55. The maximum absolute atomic E-state index is 11.3. The van der Waals surface area contributed by atoms with Gasteiger partial charge in [-0.25, -0.2) is 0 Å². The summed E-state index contributed by atoms with van der Waals surface area (Å²) in [5, 5.41) is 0. The van der Waals surface area contributed by atoms with Gasteiger partial charge in [0.25, 0.3) is 0 Å². The van der Waals surface area contributed by atoms with Crippen LogP contribution in [0.3, 0.4) is 0 Å². The first-order valence-corrected chi connectivity index (χ1v) is 4.93. The Morgan fingerprint density at radius 2 is 2.00 bits per heavy atom. The van der Waals surface area contributed by atoms with E-state index in [0.717, 1.165) is 0 Å². The van der Waals surface area contributed by atoms with Crippen molar-refractivity contribution in [3.8, 4) is 0 Å². The molecule has 7 heteroatoms. The Kier molecular flexibility index (Phi) is 2.44. The third kappa shape index (κ3) is 2.22. The fourth-order valence-corrected chi connectivity index (χ4v) is 1.99. The summed E-state index contributed by atoms with van der Waals surface area (Å²) in [6.07, 6.45) is 0. The molecule has 0 amide bonds. The first-order chi connectivity index (χ1) is 5.47. The van der Waals surface area contributed by atoms with Crippen molar-refractivity contribution in [2.24, 2.45) is 10.3 Å². The van der Waals surface area contributed by atoms with Crippen molar-refractivity contribution in [3.05, 3.63) is 10.4 Å². The van der Waals surface area contributed by atoms with Gasteiger partial charge < -0.3 is 9.05 Å². The highest BCUT2D eigenvalue weighted by Crippen LogP contribution is 2.54. The summed E-state index contributed by atoms with van der Waals surface area (Å²) >= 11 is 0. The normalized spacial score (nSPS) is 25.8. The predicted octanol–water partition coefficient (Wildman–Crippen LogP) is 2.48. The number of nitrogens with zero attached hydrogens (tertiary/aromatic N) is 3. The lowest BCUT2D eigenvalue weighted by Gasteiger charge is -2.31. The topological polar surface area (TPSA) is 84.3 Å². The summed E-state index contributed by atoms with van der Waals surface area (Å²) in [5.41, 5.74) is 7.87. The van der Waals surface area contributed by atoms with Crippen molar-refractivity contribution in [1.82, 2.24) is 0 Å². The van der Waals surface area contributed by atoms with Gasteiger partial charge in [-0.3, -0.25) is 4.57 Å². The Labute approximate surface area is 70.1 Å². The molecule has 1 rings (SSSR count). The standard InChI is InChI=1S/C5H10N3O3P/c1-5(2)3-10-12(9,8-7-6)11-4-5/h3-4H2,1-2H3. The molecule has 0 aromatic heterocycles. The summed E-state index contributed by atoms with van der Waals surface area (Å²) in [5.74, 6) is 0. The molecule has 0 aliphatic carbocycles. The zero-order valence-electron chi connectivity index (χ0n) is 6.93. The average molecular weight is 191 g/mol. The zero-order chi connectivity index (χ0) is 9.24. The van der Waals surface area contributed by atoms with Gasteiger partial charge in [-0.15, -0.1) is 0 Å². The number of hydrogen-bond donors (Lipinski definition) is 0. The highest BCUT2D eigenvalue weighted by atomic mass is 31.2. The summed E-state index contributed by atoms with van der Waals surface area (Å²) in [6.45, 7) is 4.38. The third-order valence-corrected chi connectivity index (χ3v) is 2.60. The van der Waals surface area contributed by atoms with Crippen molar-refractivity contribution in [1.29, 1.82) is 0 Å². The molecule has 0 unspecified atom stereocenters. The second-order valence-corrected chi connectivity index (χ2v) is 4.99. The molecule has 0 aromatic rings. The van der Waals surface area contributed by atoms with Crippen molar-refractivity contribution < 1.29 is 13.6 Å². The van der Waals surface area contributed by atoms with Crippen LogP contribution in [0.2, 0.25) is 0 Å². The SMILES string of the molecule is CC1(C)COP(=O)(N=[N+]=[N-])OC1. The van der Waals surface area contributed by atoms with Crippen LogP contribution in [0.1, 0.15) is 13.8 Å². The molecule has 1 heterocycles. The minimum absolute atomic E-state index is 0.168. The molecule has 0 aromatic carbocycles. The first-order valence-electron chi connectivity index (χ1n) is 3.43. The highest BCUT2D eigenvalue weighted by molar-refractivity contribution is 7.52. The number of hydrogen-bond acceptors (Lipinski definition) is 3. The maximum Gasteiger partial charge on any atom is 0.420 e. The maximum atomic E-state index is 11.3. The highest BCUT2D eigenvalue weighted by Gasteiger charge is 2.35. The van der Waals surface area contributed by atoms with E-state index < -0.39 is 7.75 Å². The Bertz CT molecular complexity index is 257. The lowest BCUT2D eigenvalue weighted by Crippen LogP contribution is -2.28. The Morgan fingerprint density at radius 3 is 2.42 bits per heavy atom. The Hall–Kier alpha value is -0.540. The van der Waals surface area contributed by atoms with Gasteiger partial charge in [-0.1, -0.05) is 13.8 Å². The molecule has 0 spiro atoms. The van der Waals surface area contributed by atoms with Crippen molar-refractivity contribution in [2.75, 3.05) is 13.2 Å². The van der Waals surface area contributed by atoms with Gasteiger partial charge in [0.2, 0.25) is 0 Å². The van der Waals surface area contributed by atoms with Gasteiger partial charge in [0.05, 0.1) is 13.2 Å². The monoisotopic (exact) mass is 191 g/mol. The van der Waals surface area contributed by atoms with Crippen LogP contribution in [0, 0.1) is 5.41 Å². The van der Waals surface area contributed by atoms with E-state index in [1.807, 2.05) is 13.8 Å². The molecule has 0 radical (unpaired) electrons. The van der Waals surface area contributed by atoms with E-state index >= 15 is 0 Å². The van der Waals surface area contributed by atoms with E-state index in [0.29, 0.717) is 0 Å². The van der Waals surface area contributed by atoms with E-state index in [4.69, 9.17) is 14.6 Å². The molecular formula is C5H10N3O3P.